The lowest BCUT2D eigenvalue weighted by molar-refractivity contribution is -0.122. The maximum atomic E-state index is 12.8. The van der Waals surface area contributed by atoms with Crippen LogP contribution in [0.2, 0.25) is 0 Å². The number of amides is 2. The second kappa shape index (κ2) is 7.92. The number of benzene rings is 2. The van der Waals surface area contributed by atoms with E-state index in [0.717, 1.165) is 16.8 Å². The van der Waals surface area contributed by atoms with Crippen LogP contribution in [0.5, 0.6) is 0 Å². The molecule has 0 aromatic heterocycles. The number of rotatable bonds is 6. The Labute approximate surface area is 146 Å². The van der Waals surface area contributed by atoms with Gasteiger partial charge in [-0.05, 0) is 48.6 Å². The second-order valence-corrected chi connectivity index (χ2v) is 6.31. The van der Waals surface area contributed by atoms with E-state index < -0.39 is 0 Å². The quantitative estimate of drug-likeness (QED) is 0.849. The van der Waals surface area contributed by atoms with Crippen LogP contribution in [0.25, 0.3) is 0 Å². The highest BCUT2D eigenvalue weighted by atomic mass is 19.1. The SMILES string of the molecule is O=C(CCC1Cc2ccccc2NC1=O)NCCc1ccc(F)cc1. The van der Waals surface area contributed by atoms with Gasteiger partial charge in [-0.25, -0.2) is 4.39 Å². The summed E-state index contributed by atoms with van der Waals surface area (Å²) < 4.78 is 12.8. The van der Waals surface area contributed by atoms with Crippen molar-refractivity contribution >= 4 is 17.5 Å². The maximum absolute atomic E-state index is 12.8. The number of carbonyl (C=O) groups excluding carboxylic acids is 2. The zero-order valence-electron chi connectivity index (χ0n) is 13.9. The Morgan fingerprint density at radius 3 is 2.72 bits per heavy atom. The van der Waals surface area contributed by atoms with Gasteiger partial charge in [-0.15, -0.1) is 0 Å². The molecule has 1 unspecified atom stereocenters. The Morgan fingerprint density at radius 2 is 1.92 bits per heavy atom. The molecule has 5 heteroatoms. The Morgan fingerprint density at radius 1 is 1.16 bits per heavy atom. The molecule has 0 radical (unpaired) electrons. The highest BCUT2D eigenvalue weighted by Gasteiger charge is 2.26. The van der Waals surface area contributed by atoms with Crippen molar-refractivity contribution in [2.45, 2.75) is 25.7 Å². The smallest absolute Gasteiger partial charge is 0.227 e. The van der Waals surface area contributed by atoms with E-state index in [1.807, 2.05) is 24.3 Å². The van der Waals surface area contributed by atoms with Crippen LogP contribution < -0.4 is 10.6 Å². The summed E-state index contributed by atoms with van der Waals surface area (Å²) in [5.41, 5.74) is 2.96. The molecule has 4 nitrogen and oxygen atoms in total. The molecule has 25 heavy (non-hydrogen) atoms. The highest BCUT2D eigenvalue weighted by Crippen LogP contribution is 2.27. The van der Waals surface area contributed by atoms with Gasteiger partial charge in [0.1, 0.15) is 5.82 Å². The fraction of sp³-hybridized carbons (Fsp3) is 0.300. The normalized spacial score (nSPS) is 16.0. The number of hydrogen-bond acceptors (Lipinski definition) is 2. The zero-order valence-corrected chi connectivity index (χ0v) is 13.9. The summed E-state index contributed by atoms with van der Waals surface area (Å²) in [5, 5.41) is 5.76. The van der Waals surface area contributed by atoms with Crippen LogP contribution in [0, 0.1) is 11.7 Å². The predicted molar refractivity (Wildman–Crippen MR) is 94.6 cm³/mol. The molecule has 130 valence electrons. The lowest BCUT2D eigenvalue weighted by Crippen LogP contribution is -2.32. The van der Waals surface area contributed by atoms with E-state index in [2.05, 4.69) is 10.6 Å². The van der Waals surface area contributed by atoms with Crippen LogP contribution in [0.15, 0.2) is 48.5 Å². The summed E-state index contributed by atoms with van der Waals surface area (Å²) in [7, 11) is 0. The van der Waals surface area contributed by atoms with Gasteiger partial charge < -0.3 is 10.6 Å². The molecule has 2 N–H and O–H groups in total. The van der Waals surface area contributed by atoms with Gasteiger partial charge in [0, 0.05) is 24.6 Å². The van der Waals surface area contributed by atoms with Crippen molar-refractivity contribution in [3.63, 3.8) is 0 Å². The number of nitrogens with one attached hydrogen (secondary N) is 2. The van der Waals surface area contributed by atoms with Crippen molar-refractivity contribution in [3.05, 3.63) is 65.5 Å². The summed E-state index contributed by atoms with van der Waals surface area (Å²) in [5.74, 6) is -0.510. The summed E-state index contributed by atoms with van der Waals surface area (Å²) in [6, 6.07) is 14.0. The number of carbonyl (C=O) groups is 2. The number of anilines is 1. The molecule has 1 heterocycles. The standard InChI is InChI=1S/C20H21FN2O2/c21-17-8-5-14(6-9-17)11-12-22-19(24)10-7-16-13-15-3-1-2-4-18(15)23-20(16)25/h1-6,8-9,16H,7,10-13H2,(H,22,24)(H,23,25). The van der Waals surface area contributed by atoms with Gasteiger partial charge >= 0.3 is 0 Å². The van der Waals surface area contributed by atoms with Crippen molar-refractivity contribution in [2.24, 2.45) is 5.92 Å². The molecule has 2 aromatic carbocycles. The van der Waals surface area contributed by atoms with Gasteiger partial charge in [0.05, 0.1) is 0 Å². The van der Waals surface area contributed by atoms with E-state index in [-0.39, 0.29) is 23.5 Å². The highest BCUT2D eigenvalue weighted by molar-refractivity contribution is 5.96. The summed E-state index contributed by atoms with van der Waals surface area (Å²) in [6.07, 6.45) is 2.18. The maximum Gasteiger partial charge on any atom is 0.227 e. The predicted octanol–water partition coefficient (Wildman–Crippen LogP) is 3.08. The molecular weight excluding hydrogens is 319 g/mol. The fourth-order valence-electron chi connectivity index (χ4n) is 3.04. The largest absolute Gasteiger partial charge is 0.356 e. The van der Waals surface area contributed by atoms with Crippen LogP contribution in [0.3, 0.4) is 0 Å². The van der Waals surface area contributed by atoms with Gasteiger partial charge in [-0.3, -0.25) is 9.59 Å². The average molecular weight is 340 g/mol. The molecule has 2 aromatic rings. The zero-order chi connectivity index (χ0) is 17.6. The van der Waals surface area contributed by atoms with Crippen LogP contribution in [0.1, 0.15) is 24.0 Å². The first-order valence-corrected chi connectivity index (χ1v) is 8.52. The van der Waals surface area contributed by atoms with Gasteiger partial charge in [-0.2, -0.15) is 0 Å². The molecule has 1 aliphatic rings. The molecule has 0 saturated carbocycles. The summed E-state index contributed by atoms with van der Waals surface area (Å²) in [6.45, 7) is 0.504. The summed E-state index contributed by atoms with van der Waals surface area (Å²) >= 11 is 0. The topological polar surface area (TPSA) is 58.2 Å². The van der Waals surface area contributed by atoms with Gasteiger partial charge in [0.15, 0.2) is 0 Å². The van der Waals surface area contributed by atoms with E-state index in [0.29, 0.717) is 32.2 Å². The third-order valence-electron chi connectivity index (χ3n) is 4.48. The molecule has 0 bridgehead atoms. The molecule has 0 spiro atoms. The minimum absolute atomic E-state index is 0.0159. The first-order chi connectivity index (χ1) is 12.1. The van der Waals surface area contributed by atoms with Crippen LogP contribution in [-0.2, 0) is 22.4 Å². The lowest BCUT2D eigenvalue weighted by Gasteiger charge is -2.24. The van der Waals surface area contributed by atoms with Crippen LogP contribution in [0.4, 0.5) is 10.1 Å². The van der Waals surface area contributed by atoms with Gasteiger partial charge in [-0.1, -0.05) is 30.3 Å². The second-order valence-electron chi connectivity index (χ2n) is 6.31. The van der Waals surface area contributed by atoms with E-state index in [9.17, 15) is 14.0 Å². The Hall–Kier alpha value is -2.69. The third-order valence-corrected chi connectivity index (χ3v) is 4.48. The molecule has 0 fully saturated rings. The lowest BCUT2D eigenvalue weighted by atomic mass is 9.89. The monoisotopic (exact) mass is 340 g/mol. The van der Waals surface area contributed by atoms with Crippen molar-refractivity contribution in [2.75, 3.05) is 11.9 Å². The van der Waals surface area contributed by atoms with Crippen molar-refractivity contribution < 1.29 is 14.0 Å². The molecule has 3 rings (SSSR count). The third kappa shape index (κ3) is 4.66. The number of halogens is 1. The fourth-order valence-corrected chi connectivity index (χ4v) is 3.04. The Balaban J connectivity index is 1.42. The molecule has 2 amide bonds. The minimum atomic E-state index is -0.264. The molecule has 0 saturated heterocycles. The van der Waals surface area contributed by atoms with Crippen molar-refractivity contribution in [1.82, 2.24) is 5.32 Å². The van der Waals surface area contributed by atoms with Crippen molar-refractivity contribution in [3.8, 4) is 0 Å². The van der Waals surface area contributed by atoms with E-state index >= 15 is 0 Å². The van der Waals surface area contributed by atoms with Crippen LogP contribution in [-0.4, -0.2) is 18.4 Å². The number of para-hydroxylation sites is 1. The molecule has 1 atom stereocenters. The van der Waals surface area contributed by atoms with Gasteiger partial charge in [0.25, 0.3) is 0 Å². The van der Waals surface area contributed by atoms with Crippen LogP contribution >= 0.6 is 0 Å². The first-order valence-electron chi connectivity index (χ1n) is 8.52. The minimum Gasteiger partial charge on any atom is -0.356 e. The van der Waals surface area contributed by atoms with Gasteiger partial charge in [0.2, 0.25) is 11.8 Å². The summed E-state index contributed by atoms with van der Waals surface area (Å²) in [4.78, 5) is 24.1. The Kier molecular flexibility index (Phi) is 5.43. The molecular formula is C20H21FN2O2. The number of fused-ring (bicyclic) bond motifs is 1. The van der Waals surface area contributed by atoms with E-state index in [4.69, 9.17) is 0 Å². The van der Waals surface area contributed by atoms with E-state index in [1.54, 1.807) is 12.1 Å². The van der Waals surface area contributed by atoms with E-state index in [1.165, 1.54) is 12.1 Å². The molecule has 0 aliphatic carbocycles. The van der Waals surface area contributed by atoms with Crippen molar-refractivity contribution in [1.29, 1.82) is 0 Å². The molecule has 1 aliphatic heterocycles. The number of hydrogen-bond donors (Lipinski definition) is 2. The average Bonchev–Trinajstić information content (AvgIpc) is 2.61. The Bertz CT molecular complexity index is 759. The first kappa shape index (κ1) is 17.1.